The third kappa shape index (κ3) is 9.22. The van der Waals surface area contributed by atoms with E-state index < -0.39 is 0 Å². The molecule has 284 valence electrons. The number of para-hydroxylation sites is 4. The van der Waals surface area contributed by atoms with Crippen LogP contribution >= 0.6 is 0 Å². The van der Waals surface area contributed by atoms with Crippen LogP contribution in [0.5, 0.6) is 0 Å². The normalized spacial score (nSPS) is 11.4. The van der Waals surface area contributed by atoms with Crippen molar-refractivity contribution in [3.8, 4) is 12.1 Å². The molecule has 4 nitrogen and oxygen atoms in total. The second-order valence-electron chi connectivity index (χ2n) is 14.1. The highest BCUT2D eigenvalue weighted by atomic mass is 15.1. The van der Waals surface area contributed by atoms with Crippen molar-refractivity contribution in [3.05, 3.63) is 252 Å². The van der Waals surface area contributed by atoms with Crippen molar-refractivity contribution in [2.75, 3.05) is 9.80 Å². The van der Waals surface area contributed by atoms with Crippen LogP contribution in [0.3, 0.4) is 0 Å². The van der Waals surface area contributed by atoms with E-state index in [1.807, 2.05) is 133 Å². The Morgan fingerprint density at radius 3 is 0.817 bits per heavy atom. The minimum absolute atomic E-state index is 0.597. The molecule has 4 heteroatoms. The van der Waals surface area contributed by atoms with Gasteiger partial charge in [0.2, 0.25) is 0 Å². The van der Waals surface area contributed by atoms with Crippen LogP contribution in [0.2, 0.25) is 0 Å². The quantitative estimate of drug-likeness (QED) is 0.0917. The molecule has 0 atom stereocenters. The summed E-state index contributed by atoms with van der Waals surface area (Å²) in [7, 11) is 0. The zero-order chi connectivity index (χ0) is 40.9. The van der Waals surface area contributed by atoms with Gasteiger partial charge in [0.25, 0.3) is 0 Å². The molecule has 0 aliphatic rings. The molecular formula is C56H40N4. The molecule has 0 aromatic heterocycles. The van der Waals surface area contributed by atoms with E-state index >= 15 is 0 Å². The van der Waals surface area contributed by atoms with Gasteiger partial charge in [-0.15, -0.1) is 0 Å². The van der Waals surface area contributed by atoms with Crippen LogP contribution < -0.4 is 9.80 Å². The van der Waals surface area contributed by atoms with Crippen molar-refractivity contribution in [1.29, 1.82) is 10.5 Å². The molecule has 0 fully saturated rings. The van der Waals surface area contributed by atoms with E-state index in [1.54, 1.807) is 0 Å². The molecule has 8 aromatic carbocycles. The maximum absolute atomic E-state index is 10.1. The fraction of sp³-hybridized carbons (Fsp3) is 0. The number of hydrogen-bond donors (Lipinski definition) is 0. The van der Waals surface area contributed by atoms with Crippen LogP contribution in [-0.2, 0) is 0 Å². The van der Waals surface area contributed by atoms with Gasteiger partial charge in [0, 0.05) is 34.1 Å². The van der Waals surface area contributed by atoms with E-state index in [-0.39, 0.29) is 0 Å². The van der Waals surface area contributed by atoms with Gasteiger partial charge < -0.3 is 9.80 Å². The Hall–Kier alpha value is -8.44. The molecule has 0 radical (unpaired) electrons. The summed E-state index contributed by atoms with van der Waals surface area (Å²) in [5.74, 6) is 0. The largest absolute Gasteiger partial charge is 0.311 e. The summed E-state index contributed by atoms with van der Waals surface area (Å²) in [4.78, 5) is 4.41. The van der Waals surface area contributed by atoms with Crippen molar-refractivity contribution < 1.29 is 0 Å². The maximum Gasteiger partial charge on any atom is 0.0998 e. The number of hydrogen-bond acceptors (Lipinski definition) is 4. The lowest BCUT2D eigenvalue weighted by Crippen LogP contribution is -2.09. The second kappa shape index (κ2) is 18.7. The first-order valence-corrected chi connectivity index (χ1v) is 19.8. The van der Waals surface area contributed by atoms with Crippen molar-refractivity contribution >= 4 is 69.6 Å². The summed E-state index contributed by atoms with van der Waals surface area (Å²) in [6, 6.07) is 78.5. The Morgan fingerprint density at radius 2 is 0.550 bits per heavy atom. The van der Waals surface area contributed by atoms with Gasteiger partial charge in [-0.1, -0.05) is 158 Å². The number of allylic oxidation sites excluding steroid dienone is 2. The molecule has 0 bridgehead atoms. The molecule has 0 aliphatic carbocycles. The van der Waals surface area contributed by atoms with Crippen LogP contribution in [0.4, 0.5) is 34.1 Å². The predicted molar refractivity (Wildman–Crippen MR) is 251 cm³/mol. The summed E-state index contributed by atoms with van der Waals surface area (Å²) in [5.41, 5.74) is 13.2. The number of rotatable bonds is 12. The summed E-state index contributed by atoms with van der Waals surface area (Å²) < 4.78 is 0. The second-order valence-corrected chi connectivity index (χ2v) is 14.1. The summed E-state index contributed by atoms with van der Waals surface area (Å²) in [5, 5.41) is 20.2. The number of benzene rings is 8. The fourth-order valence-electron chi connectivity index (χ4n) is 7.08. The first-order valence-electron chi connectivity index (χ1n) is 19.8. The highest BCUT2D eigenvalue weighted by Gasteiger charge is 2.14. The predicted octanol–water partition coefficient (Wildman–Crippen LogP) is 14.9. The Bertz CT molecular complexity index is 2530. The molecule has 0 saturated carbocycles. The third-order valence-electron chi connectivity index (χ3n) is 10.1. The lowest BCUT2D eigenvalue weighted by atomic mass is 10.0. The summed E-state index contributed by atoms with van der Waals surface area (Å²) >= 11 is 0. The molecule has 0 N–H and O–H groups in total. The fourth-order valence-corrected chi connectivity index (χ4v) is 7.08. The third-order valence-corrected chi connectivity index (χ3v) is 10.1. The highest BCUT2D eigenvalue weighted by molar-refractivity contribution is 5.92. The molecule has 0 aliphatic heterocycles. The Kier molecular flexibility index (Phi) is 12.0. The van der Waals surface area contributed by atoms with Gasteiger partial charge >= 0.3 is 0 Å². The van der Waals surface area contributed by atoms with Gasteiger partial charge in [-0.25, -0.2) is 0 Å². The molecular weight excluding hydrogens is 729 g/mol. The van der Waals surface area contributed by atoms with E-state index in [0.29, 0.717) is 11.1 Å². The monoisotopic (exact) mass is 768 g/mol. The Balaban J connectivity index is 0.925. The number of anilines is 6. The molecule has 8 aromatic rings. The van der Waals surface area contributed by atoms with Gasteiger partial charge in [-0.3, -0.25) is 0 Å². The van der Waals surface area contributed by atoms with Gasteiger partial charge in [0.15, 0.2) is 0 Å². The lowest BCUT2D eigenvalue weighted by molar-refractivity contribution is 1.28. The van der Waals surface area contributed by atoms with E-state index in [1.165, 1.54) is 0 Å². The zero-order valence-corrected chi connectivity index (χ0v) is 32.9. The standard InChI is InChI=1S/C56H40N4/c57-41-49(47-31-35-55(36-32-47)59(51-13-5-1-6-14-51)52-15-7-2-8-16-52)39-45-27-23-43(24-28-45)21-22-44-25-29-46(30-26-44)40-50(42-58)48-33-37-56(38-34-48)60(53-17-9-3-10-18-53)54-19-11-4-12-20-54/h1-40H. The average molecular weight is 769 g/mol. The number of nitrogens with zero attached hydrogens (tertiary/aromatic N) is 4. The van der Waals surface area contributed by atoms with Crippen molar-refractivity contribution in [3.63, 3.8) is 0 Å². The van der Waals surface area contributed by atoms with E-state index in [2.05, 4.69) is 131 Å². The van der Waals surface area contributed by atoms with Crippen LogP contribution in [0.25, 0.3) is 35.5 Å². The topological polar surface area (TPSA) is 54.1 Å². The smallest absolute Gasteiger partial charge is 0.0998 e. The zero-order valence-electron chi connectivity index (χ0n) is 32.9. The van der Waals surface area contributed by atoms with E-state index in [9.17, 15) is 10.5 Å². The van der Waals surface area contributed by atoms with Crippen LogP contribution in [-0.4, -0.2) is 0 Å². The van der Waals surface area contributed by atoms with Gasteiger partial charge in [-0.2, -0.15) is 10.5 Å². The van der Waals surface area contributed by atoms with Gasteiger partial charge in [-0.05, 0) is 118 Å². The molecule has 0 saturated heterocycles. The SMILES string of the molecule is N#CC(=Cc1ccc(C=Cc2ccc(C=C(C#N)c3ccc(N(c4ccccc4)c4ccccc4)cc3)cc2)cc1)c1ccc(N(c2ccccc2)c2ccccc2)cc1. The van der Waals surface area contributed by atoms with Crippen LogP contribution in [0.15, 0.2) is 218 Å². The minimum atomic E-state index is 0.597. The molecule has 8 rings (SSSR count). The van der Waals surface area contributed by atoms with Gasteiger partial charge in [0.05, 0.1) is 23.3 Å². The van der Waals surface area contributed by atoms with Crippen molar-refractivity contribution in [2.45, 2.75) is 0 Å². The lowest BCUT2D eigenvalue weighted by Gasteiger charge is -2.25. The van der Waals surface area contributed by atoms with Crippen molar-refractivity contribution in [2.24, 2.45) is 0 Å². The first-order chi connectivity index (χ1) is 29.6. The molecule has 0 heterocycles. The van der Waals surface area contributed by atoms with E-state index in [0.717, 1.165) is 67.5 Å². The summed E-state index contributed by atoms with van der Waals surface area (Å²) in [6.45, 7) is 0. The van der Waals surface area contributed by atoms with Crippen LogP contribution in [0, 0.1) is 22.7 Å². The average Bonchev–Trinajstić information content (AvgIpc) is 3.32. The molecule has 0 spiro atoms. The first kappa shape index (κ1) is 38.4. The van der Waals surface area contributed by atoms with Gasteiger partial charge in [0.1, 0.15) is 0 Å². The Labute approximate surface area is 352 Å². The van der Waals surface area contributed by atoms with Crippen LogP contribution in [0.1, 0.15) is 33.4 Å². The van der Waals surface area contributed by atoms with E-state index in [4.69, 9.17) is 0 Å². The maximum atomic E-state index is 10.1. The number of nitriles is 2. The molecule has 0 amide bonds. The molecule has 60 heavy (non-hydrogen) atoms. The summed E-state index contributed by atoms with van der Waals surface area (Å²) in [6.07, 6.45) is 8.00. The van der Waals surface area contributed by atoms with Crippen molar-refractivity contribution in [1.82, 2.24) is 0 Å². The Morgan fingerprint density at radius 1 is 0.300 bits per heavy atom. The minimum Gasteiger partial charge on any atom is -0.311 e. The molecule has 0 unspecified atom stereocenters. The highest BCUT2D eigenvalue weighted by Crippen LogP contribution is 2.36.